The quantitative estimate of drug-likeness (QED) is 0.272. The van der Waals surface area contributed by atoms with Crippen LogP contribution in [0.15, 0.2) is 116 Å². The van der Waals surface area contributed by atoms with Crippen molar-refractivity contribution in [2.24, 2.45) is 4.99 Å². The predicted molar refractivity (Wildman–Crippen MR) is 135 cm³/mol. The molecule has 0 spiro atoms. The van der Waals surface area contributed by atoms with E-state index in [0.717, 1.165) is 27.2 Å². The van der Waals surface area contributed by atoms with Crippen LogP contribution in [0.2, 0.25) is 0 Å². The van der Waals surface area contributed by atoms with Crippen molar-refractivity contribution < 1.29 is 9.21 Å². The second-order valence-corrected chi connectivity index (χ2v) is 8.95. The molecule has 4 nitrogen and oxygen atoms in total. The molecule has 1 fully saturated rings. The van der Waals surface area contributed by atoms with Crippen LogP contribution in [0.25, 0.3) is 17.4 Å². The maximum absolute atomic E-state index is 13.3. The molecule has 4 aromatic rings. The minimum atomic E-state index is -0.127. The first-order valence-corrected chi connectivity index (χ1v) is 11.6. The number of thioether (sulfide) groups is 1. The van der Waals surface area contributed by atoms with Crippen LogP contribution in [0.3, 0.4) is 0 Å². The summed E-state index contributed by atoms with van der Waals surface area (Å²) < 4.78 is 7.01. The Kier molecular flexibility index (Phi) is 5.79. The second-order valence-electron chi connectivity index (χ2n) is 7.03. The lowest BCUT2D eigenvalue weighted by Crippen LogP contribution is -2.28. The fraction of sp³-hybridized carbons (Fsp3) is 0. The van der Waals surface area contributed by atoms with Crippen molar-refractivity contribution in [2.75, 3.05) is 4.90 Å². The Morgan fingerprint density at radius 1 is 0.844 bits per heavy atom. The molecule has 1 aliphatic rings. The molecule has 2 heterocycles. The molecule has 0 radical (unpaired) electrons. The van der Waals surface area contributed by atoms with Crippen LogP contribution in [-0.4, -0.2) is 11.1 Å². The number of hydrogen-bond acceptors (Lipinski definition) is 4. The molecule has 3 aromatic carbocycles. The molecular formula is C26H17BrN2O2S. The summed E-state index contributed by atoms with van der Waals surface area (Å²) in [5.41, 5.74) is 2.54. The van der Waals surface area contributed by atoms with Crippen molar-refractivity contribution in [3.8, 4) is 11.3 Å². The Balaban J connectivity index is 1.50. The second kappa shape index (κ2) is 9.02. The van der Waals surface area contributed by atoms with Gasteiger partial charge in [-0.2, -0.15) is 0 Å². The summed E-state index contributed by atoms with van der Waals surface area (Å²) in [6.45, 7) is 0. The van der Waals surface area contributed by atoms with Crippen LogP contribution in [0.4, 0.5) is 11.4 Å². The normalized spacial score (nSPS) is 16.3. The molecule has 1 amide bonds. The lowest BCUT2D eigenvalue weighted by Gasteiger charge is -2.15. The predicted octanol–water partition coefficient (Wildman–Crippen LogP) is 7.52. The molecule has 6 heteroatoms. The number of anilines is 1. The Morgan fingerprint density at radius 3 is 2.25 bits per heavy atom. The van der Waals surface area contributed by atoms with E-state index < -0.39 is 0 Å². The molecule has 0 saturated carbocycles. The smallest absolute Gasteiger partial charge is 0.271 e. The number of nitrogens with zero attached hydrogens (tertiary/aromatic N) is 2. The lowest BCUT2D eigenvalue weighted by atomic mass is 10.2. The van der Waals surface area contributed by atoms with Crippen molar-refractivity contribution >= 4 is 56.2 Å². The van der Waals surface area contributed by atoms with Gasteiger partial charge in [-0.05, 0) is 60.3 Å². The number of rotatable bonds is 4. The maximum Gasteiger partial charge on any atom is 0.271 e. The van der Waals surface area contributed by atoms with Crippen molar-refractivity contribution in [3.05, 3.63) is 112 Å². The summed E-state index contributed by atoms with van der Waals surface area (Å²) in [4.78, 5) is 20.3. The number of aliphatic imine (C=N–C) groups is 1. The van der Waals surface area contributed by atoms with Crippen LogP contribution in [0.1, 0.15) is 5.76 Å². The van der Waals surface area contributed by atoms with Crippen LogP contribution in [0, 0.1) is 0 Å². The van der Waals surface area contributed by atoms with Gasteiger partial charge < -0.3 is 4.42 Å². The highest BCUT2D eigenvalue weighted by Gasteiger charge is 2.35. The van der Waals surface area contributed by atoms with Gasteiger partial charge in [-0.3, -0.25) is 9.69 Å². The Labute approximate surface area is 198 Å². The number of carbonyl (C=O) groups is 1. The third-order valence-corrected chi connectivity index (χ3v) is 6.33. The molecule has 0 atom stereocenters. The molecule has 1 saturated heterocycles. The highest BCUT2D eigenvalue weighted by molar-refractivity contribution is 9.10. The van der Waals surface area contributed by atoms with Crippen LogP contribution < -0.4 is 4.90 Å². The average Bonchev–Trinajstić information content (AvgIpc) is 3.40. The molecule has 0 N–H and O–H groups in total. The first kappa shape index (κ1) is 20.5. The van der Waals surface area contributed by atoms with Crippen molar-refractivity contribution in [3.63, 3.8) is 0 Å². The minimum Gasteiger partial charge on any atom is -0.457 e. The summed E-state index contributed by atoms with van der Waals surface area (Å²) in [6, 6.07) is 30.9. The number of carbonyl (C=O) groups excluding carboxylic acids is 1. The minimum absolute atomic E-state index is 0.127. The third kappa shape index (κ3) is 4.33. The number of halogens is 1. The summed E-state index contributed by atoms with van der Waals surface area (Å²) in [5, 5.41) is 0.610. The highest BCUT2D eigenvalue weighted by Crippen LogP contribution is 2.37. The van der Waals surface area contributed by atoms with Gasteiger partial charge in [0.2, 0.25) is 0 Å². The standard InChI is InChI=1S/C26H17BrN2O2S/c27-19-13-11-18(12-14-19)23-16-15-22(31-23)17-24-25(30)29(21-9-5-2-6-10-21)26(32-24)28-20-7-3-1-4-8-20/h1-17H. The number of hydrogen-bond donors (Lipinski definition) is 0. The van der Waals surface area contributed by atoms with Crippen molar-refractivity contribution in [1.82, 2.24) is 0 Å². The Hall–Kier alpha value is -3.35. The number of para-hydroxylation sites is 2. The van der Waals surface area contributed by atoms with E-state index in [0.29, 0.717) is 15.8 Å². The summed E-state index contributed by atoms with van der Waals surface area (Å²) in [5.74, 6) is 1.24. The molecular weight excluding hydrogens is 484 g/mol. The Bertz CT molecular complexity index is 1310. The topological polar surface area (TPSA) is 45.8 Å². The van der Waals surface area contributed by atoms with E-state index in [4.69, 9.17) is 9.41 Å². The van der Waals surface area contributed by atoms with Crippen LogP contribution in [0.5, 0.6) is 0 Å². The molecule has 0 unspecified atom stereocenters. The number of benzene rings is 3. The van der Waals surface area contributed by atoms with Crippen LogP contribution in [-0.2, 0) is 4.79 Å². The molecule has 1 aliphatic heterocycles. The van der Waals surface area contributed by atoms with Gasteiger partial charge >= 0.3 is 0 Å². The van der Waals surface area contributed by atoms with Crippen LogP contribution >= 0.6 is 27.7 Å². The fourth-order valence-corrected chi connectivity index (χ4v) is 4.54. The summed E-state index contributed by atoms with van der Waals surface area (Å²) in [6.07, 6.45) is 1.78. The van der Waals surface area contributed by atoms with Gasteiger partial charge in [-0.25, -0.2) is 4.99 Å². The lowest BCUT2D eigenvalue weighted by molar-refractivity contribution is -0.113. The molecule has 0 aliphatic carbocycles. The molecule has 156 valence electrons. The monoisotopic (exact) mass is 500 g/mol. The zero-order valence-corrected chi connectivity index (χ0v) is 19.2. The fourth-order valence-electron chi connectivity index (χ4n) is 3.30. The van der Waals surface area contributed by atoms with Gasteiger partial charge in [-0.1, -0.05) is 64.5 Å². The summed E-state index contributed by atoms with van der Waals surface area (Å²) >= 11 is 4.79. The zero-order chi connectivity index (χ0) is 21.9. The number of furan rings is 1. The number of amidine groups is 1. The van der Waals surface area contributed by atoms with Gasteiger partial charge in [-0.15, -0.1) is 0 Å². The molecule has 5 rings (SSSR count). The third-order valence-electron chi connectivity index (χ3n) is 4.83. The summed E-state index contributed by atoms with van der Waals surface area (Å²) in [7, 11) is 0. The van der Waals surface area contributed by atoms with E-state index in [2.05, 4.69) is 15.9 Å². The Morgan fingerprint density at radius 2 is 1.53 bits per heavy atom. The largest absolute Gasteiger partial charge is 0.457 e. The van der Waals surface area contributed by atoms with Gasteiger partial charge in [0.15, 0.2) is 5.17 Å². The zero-order valence-electron chi connectivity index (χ0n) is 16.8. The molecule has 32 heavy (non-hydrogen) atoms. The van der Waals surface area contributed by atoms with E-state index in [-0.39, 0.29) is 5.91 Å². The first-order chi connectivity index (χ1) is 15.7. The molecule has 1 aromatic heterocycles. The van der Waals surface area contributed by atoms with Gasteiger partial charge in [0.25, 0.3) is 5.91 Å². The average molecular weight is 501 g/mol. The van der Waals surface area contributed by atoms with E-state index in [1.54, 1.807) is 11.0 Å². The van der Waals surface area contributed by atoms with E-state index >= 15 is 0 Å². The van der Waals surface area contributed by atoms with Gasteiger partial charge in [0.05, 0.1) is 16.3 Å². The first-order valence-electron chi connectivity index (χ1n) is 9.96. The van der Waals surface area contributed by atoms with Gasteiger partial charge in [0.1, 0.15) is 11.5 Å². The number of amides is 1. The van der Waals surface area contributed by atoms with Crippen molar-refractivity contribution in [2.45, 2.75) is 0 Å². The van der Waals surface area contributed by atoms with E-state index in [1.807, 2.05) is 97.1 Å². The maximum atomic E-state index is 13.3. The van der Waals surface area contributed by atoms with Crippen molar-refractivity contribution in [1.29, 1.82) is 0 Å². The van der Waals surface area contributed by atoms with E-state index in [1.165, 1.54) is 11.8 Å². The van der Waals surface area contributed by atoms with E-state index in [9.17, 15) is 4.79 Å². The SMILES string of the molecule is O=C1C(=Cc2ccc(-c3ccc(Br)cc3)o2)SC(=Nc2ccccc2)N1c1ccccc1. The molecule has 0 bridgehead atoms. The highest BCUT2D eigenvalue weighted by atomic mass is 79.9. The van der Waals surface area contributed by atoms with Gasteiger partial charge in [0, 0.05) is 16.1 Å².